The molecule has 0 fully saturated rings. The molecule has 1 aromatic carbocycles. The highest BCUT2D eigenvalue weighted by Gasteiger charge is 2.41. The minimum absolute atomic E-state index is 0.168. The zero-order valence-electron chi connectivity index (χ0n) is 13.5. The van der Waals surface area contributed by atoms with E-state index in [0.717, 1.165) is 11.8 Å². The molecule has 0 unspecified atom stereocenters. The molecule has 0 saturated heterocycles. The van der Waals surface area contributed by atoms with Gasteiger partial charge in [-0.25, -0.2) is 4.68 Å². The average molecular weight is 400 g/mol. The van der Waals surface area contributed by atoms with Crippen molar-refractivity contribution in [1.29, 1.82) is 0 Å². The van der Waals surface area contributed by atoms with Crippen molar-refractivity contribution in [3.05, 3.63) is 69.1 Å². The fourth-order valence-electron chi connectivity index (χ4n) is 2.49. The van der Waals surface area contributed by atoms with Gasteiger partial charge in [-0.3, -0.25) is 4.79 Å². The zero-order valence-corrected chi connectivity index (χ0v) is 15.1. The molecular weight excluding hydrogens is 387 g/mol. The third-order valence-corrected chi connectivity index (χ3v) is 4.67. The van der Waals surface area contributed by atoms with Crippen LogP contribution in [0.2, 0.25) is 5.02 Å². The predicted octanol–water partition coefficient (Wildman–Crippen LogP) is 4.88. The molecular formula is C17H13ClF3N3OS. The molecule has 9 heteroatoms. The van der Waals surface area contributed by atoms with Crippen LogP contribution in [0.4, 0.5) is 13.2 Å². The molecule has 2 aromatic heterocycles. The summed E-state index contributed by atoms with van der Waals surface area (Å²) in [4.78, 5) is 13.8. The molecule has 0 aliphatic heterocycles. The molecule has 0 bridgehead atoms. The van der Waals surface area contributed by atoms with Gasteiger partial charge in [0.1, 0.15) is 0 Å². The minimum atomic E-state index is -4.75. The SMILES string of the molecule is CN(Cc1ccsc1)C(=O)c1cnn(-c2ccc(Cl)cc2)c1C(F)(F)F. The van der Waals surface area contributed by atoms with Gasteiger partial charge in [-0.1, -0.05) is 11.6 Å². The number of halogens is 4. The number of carbonyl (C=O) groups excluding carboxylic acids is 1. The van der Waals surface area contributed by atoms with Crippen molar-refractivity contribution >= 4 is 28.8 Å². The number of carbonyl (C=O) groups is 1. The second-order valence-electron chi connectivity index (χ2n) is 5.59. The van der Waals surface area contributed by atoms with Crippen molar-refractivity contribution in [3.8, 4) is 5.69 Å². The van der Waals surface area contributed by atoms with Gasteiger partial charge in [-0.05, 0) is 46.7 Å². The summed E-state index contributed by atoms with van der Waals surface area (Å²) in [5.74, 6) is -0.747. The van der Waals surface area contributed by atoms with E-state index in [4.69, 9.17) is 11.6 Å². The summed E-state index contributed by atoms with van der Waals surface area (Å²) in [5, 5.41) is 7.86. The van der Waals surface area contributed by atoms with Crippen molar-refractivity contribution in [2.24, 2.45) is 0 Å². The maximum absolute atomic E-state index is 13.7. The Hall–Kier alpha value is -2.32. The molecule has 0 radical (unpaired) electrons. The van der Waals surface area contributed by atoms with E-state index < -0.39 is 23.3 Å². The van der Waals surface area contributed by atoms with Crippen LogP contribution in [0.3, 0.4) is 0 Å². The average Bonchev–Trinajstić information content (AvgIpc) is 3.23. The van der Waals surface area contributed by atoms with Crippen LogP contribution < -0.4 is 0 Å². The Morgan fingerprint density at radius 2 is 1.96 bits per heavy atom. The predicted molar refractivity (Wildman–Crippen MR) is 93.7 cm³/mol. The lowest BCUT2D eigenvalue weighted by Gasteiger charge is -2.18. The number of thiophene rings is 1. The van der Waals surface area contributed by atoms with Crippen molar-refractivity contribution in [3.63, 3.8) is 0 Å². The molecule has 0 spiro atoms. The van der Waals surface area contributed by atoms with Crippen molar-refractivity contribution in [2.75, 3.05) is 7.05 Å². The van der Waals surface area contributed by atoms with Crippen LogP contribution >= 0.6 is 22.9 Å². The number of aromatic nitrogens is 2. The van der Waals surface area contributed by atoms with Gasteiger partial charge in [-0.2, -0.15) is 29.6 Å². The summed E-state index contributed by atoms with van der Waals surface area (Å²) in [6, 6.07) is 7.56. The molecule has 3 rings (SSSR count). The molecule has 136 valence electrons. The van der Waals surface area contributed by atoms with Gasteiger partial charge in [0, 0.05) is 18.6 Å². The molecule has 26 heavy (non-hydrogen) atoms. The highest BCUT2D eigenvalue weighted by atomic mass is 35.5. The normalized spacial score (nSPS) is 11.6. The van der Waals surface area contributed by atoms with E-state index in [1.54, 1.807) is 0 Å². The van der Waals surface area contributed by atoms with E-state index in [9.17, 15) is 18.0 Å². The van der Waals surface area contributed by atoms with Crippen LogP contribution in [0.15, 0.2) is 47.3 Å². The lowest BCUT2D eigenvalue weighted by molar-refractivity contribution is -0.143. The molecule has 0 saturated carbocycles. The molecule has 3 aromatic rings. The third-order valence-electron chi connectivity index (χ3n) is 3.69. The second-order valence-corrected chi connectivity index (χ2v) is 6.80. The fraction of sp³-hybridized carbons (Fsp3) is 0.176. The summed E-state index contributed by atoms with van der Waals surface area (Å²) >= 11 is 7.24. The summed E-state index contributed by atoms with van der Waals surface area (Å²) in [7, 11) is 1.46. The topological polar surface area (TPSA) is 38.1 Å². The first-order valence-electron chi connectivity index (χ1n) is 7.45. The summed E-state index contributed by atoms with van der Waals surface area (Å²) < 4.78 is 41.7. The summed E-state index contributed by atoms with van der Waals surface area (Å²) in [5.41, 5.74) is -0.585. The van der Waals surface area contributed by atoms with Gasteiger partial charge in [0.2, 0.25) is 0 Å². The third kappa shape index (κ3) is 3.76. The van der Waals surface area contributed by atoms with Crippen LogP contribution in [0.1, 0.15) is 21.6 Å². The Labute approximate surface area is 156 Å². The highest BCUT2D eigenvalue weighted by Crippen LogP contribution is 2.34. The highest BCUT2D eigenvalue weighted by molar-refractivity contribution is 7.07. The number of benzene rings is 1. The van der Waals surface area contributed by atoms with Gasteiger partial charge in [-0.15, -0.1) is 0 Å². The van der Waals surface area contributed by atoms with Gasteiger partial charge in [0.05, 0.1) is 17.4 Å². The fourth-order valence-corrected chi connectivity index (χ4v) is 3.28. The molecule has 1 amide bonds. The lowest BCUT2D eigenvalue weighted by Crippen LogP contribution is -2.28. The van der Waals surface area contributed by atoms with Gasteiger partial charge in [0.15, 0.2) is 5.69 Å². The van der Waals surface area contributed by atoms with E-state index in [1.807, 2.05) is 16.8 Å². The van der Waals surface area contributed by atoms with E-state index in [2.05, 4.69) is 5.10 Å². The maximum Gasteiger partial charge on any atom is 0.434 e. The number of hydrogen-bond donors (Lipinski definition) is 0. The standard InChI is InChI=1S/C17H13ClF3N3OS/c1-23(9-11-6-7-26-10-11)16(25)14-8-22-24(15(14)17(19,20)21)13-4-2-12(18)3-5-13/h2-8,10H,9H2,1H3. The van der Waals surface area contributed by atoms with E-state index in [1.165, 1.54) is 47.5 Å². The second kappa shape index (κ2) is 7.13. The van der Waals surface area contributed by atoms with Crippen LogP contribution in [0.5, 0.6) is 0 Å². The number of alkyl halides is 3. The number of rotatable bonds is 4. The van der Waals surface area contributed by atoms with Crippen LogP contribution in [0.25, 0.3) is 5.69 Å². The quantitative estimate of drug-likeness (QED) is 0.627. The van der Waals surface area contributed by atoms with E-state index in [0.29, 0.717) is 9.70 Å². The molecule has 0 aliphatic rings. The Balaban J connectivity index is 1.99. The van der Waals surface area contributed by atoms with E-state index >= 15 is 0 Å². The number of nitrogens with zero attached hydrogens (tertiary/aromatic N) is 3. The largest absolute Gasteiger partial charge is 0.434 e. The van der Waals surface area contributed by atoms with Gasteiger partial charge < -0.3 is 4.90 Å². The Kier molecular flexibility index (Phi) is 5.06. The van der Waals surface area contributed by atoms with Crippen molar-refractivity contribution < 1.29 is 18.0 Å². The van der Waals surface area contributed by atoms with Crippen LogP contribution in [0, 0.1) is 0 Å². The van der Waals surface area contributed by atoms with Crippen molar-refractivity contribution in [1.82, 2.24) is 14.7 Å². The summed E-state index contributed by atoms with van der Waals surface area (Å²) in [6.45, 7) is 0.214. The Morgan fingerprint density at radius 1 is 1.27 bits per heavy atom. The number of amides is 1. The van der Waals surface area contributed by atoms with Crippen molar-refractivity contribution in [2.45, 2.75) is 12.7 Å². The monoisotopic (exact) mass is 399 g/mol. The lowest BCUT2D eigenvalue weighted by atomic mass is 10.2. The molecule has 2 heterocycles. The Morgan fingerprint density at radius 3 is 2.54 bits per heavy atom. The van der Waals surface area contributed by atoms with E-state index in [-0.39, 0.29) is 12.2 Å². The molecule has 4 nitrogen and oxygen atoms in total. The smallest absolute Gasteiger partial charge is 0.337 e. The first-order valence-corrected chi connectivity index (χ1v) is 8.77. The number of hydrogen-bond acceptors (Lipinski definition) is 3. The van der Waals surface area contributed by atoms with Crippen LogP contribution in [-0.4, -0.2) is 27.6 Å². The zero-order chi connectivity index (χ0) is 18.9. The Bertz CT molecular complexity index is 904. The van der Waals surface area contributed by atoms with Crippen LogP contribution in [-0.2, 0) is 12.7 Å². The molecule has 0 aliphatic carbocycles. The first-order chi connectivity index (χ1) is 12.3. The maximum atomic E-state index is 13.7. The van der Waals surface area contributed by atoms with Gasteiger partial charge >= 0.3 is 6.18 Å². The molecule has 0 atom stereocenters. The minimum Gasteiger partial charge on any atom is -0.337 e. The molecule has 0 N–H and O–H groups in total. The first kappa shape index (κ1) is 18.5. The summed E-state index contributed by atoms with van der Waals surface area (Å²) in [6.07, 6.45) is -3.80. The van der Waals surface area contributed by atoms with Gasteiger partial charge in [0.25, 0.3) is 5.91 Å².